The Morgan fingerprint density at radius 3 is 2.39 bits per heavy atom. The van der Waals surface area contributed by atoms with Crippen LogP contribution in [-0.2, 0) is 4.79 Å². The van der Waals surface area contributed by atoms with E-state index in [2.05, 4.69) is 6.92 Å². The van der Waals surface area contributed by atoms with Gasteiger partial charge in [0.1, 0.15) is 0 Å². The van der Waals surface area contributed by atoms with Crippen molar-refractivity contribution in [3.8, 4) is 17.2 Å². The number of phenols is 1. The number of phenolic OH excluding ortho intramolecular Hbond substituents is 1. The van der Waals surface area contributed by atoms with Gasteiger partial charge in [-0.3, -0.25) is 4.79 Å². The molecule has 0 unspecified atom stereocenters. The molecule has 124 valence electrons. The molecule has 2 rings (SSSR count). The highest BCUT2D eigenvalue weighted by Crippen LogP contribution is 2.38. The Labute approximate surface area is 137 Å². The summed E-state index contributed by atoms with van der Waals surface area (Å²) in [5.74, 6) is 0.760. The fraction of sp³-hybridized carbons (Fsp3) is 0.421. The van der Waals surface area contributed by atoms with E-state index < -0.39 is 0 Å². The van der Waals surface area contributed by atoms with E-state index in [-0.39, 0.29) is 11.5 Å². The molecule has 1 aliphatic rings. The number of hydrogen-bond acceptors (Lipinski definition) is 4. The van der Waals surface area contributed by atoms with Crippen LogP contribution >= 0.6 is 0 Å². The van der Waals surface area contributed by atoms with Gasteiger partial charge in [-0.15, -0.1) is 0 Å². The predicted molar refractivity (Wildman–Crippen MR) is 91.0 cm³/mol. The molecule has 0 amide bonds. The van der Waals surface area contributed by atoms with Crippen molar-refractivity contribution in [3.05, 3.63) is 34.9 Å². The maximum atomic E-state index is 12.4. The Morgan fingerprint density at radius 1 is 1.17 bits per heavy atom. The van der Waals surface area contributed by atoms with Gasteiger partial charge in [0.2, 0.25) is 5.75 Å². The molecule has 0 bridgehead atoms. The smallest absolute Gasteiger partial charge is 0.200 e. The van der Waals surface area contributed by atoms with Crippen LogP contribution in [0.4, 0.5) is 0 Å². The number of carbonyl (C=O) groups excluding carboxylic acids is 1. The van der Waals surface area contributed by atoms with Crippen LogP contribution in [0, 0.1) is 0 Å². The fourth-order valence-corrected chi connectivity index (χ4v) is 2.73. The minimum Gasteiger partial charge on any atom is -0.502 e. The summed E-state index contributed by atoms with van der Waals surface area (Å²) in [5.41, 5.74) is 2.47. The molecule has 0 saturated carbocycles. The van der Waals surface area contributed by atoms with Crippen LogP contribution in [0.1, 0.15) is 44.6 Å². The first-order valence-corrected chi connectivity index (χ1v) is 8.00. The molecule has 0 spiro atoms. The maximum Gasteiger partial charge on any atom is 0.200 e. The summed E-state index contributed by atoms with van der Waals surface area (Å²) < 4.78 is 10.3. The summed E-state index contributed by atoms with van der Waals surface area (Å²) >= 11 is 0. The largest absolute Gasteiger partial charge is 0.502 e. The number of ketones is 1. The first kappa shape index (κ1) is 17.1. The number of Topliss-reactive ketones (excluding diaryl/α,β-unsaturated/α-hetero) is 1. The second kappa shape index (κ2) is 7.86. The number of rotatable bonds is 7. The molecule has 0 heterocycles. The fourth-order valence-electron chi connectivity index (χ4n) is 2.73. The molecule has 1 N–H and O–H groups in total. The first-order valence-electron chi connectivity index (χ1n) is 8.00. The van der Waals surface area contributed by atoms with E-state index in [4.69, 9.17) is 9.47 Å². The lowest BCUT2D eigenvalue weighted by Crippen LogP contribution is -1.99. The average Bonchev–Trinajstić information content (AvgIpc) is 2.89. The number of methoxy groups -OCH3 is 2. The van der Waals surface area contributed by atoms with Gasteiger partial charge < -0.3 is 14.6 Å². The Balaban J connectivity index is 2.19. The normalized spacial score (nSPS) is 15.9. The summed E-state index contributed by atoms with van der Waals surface area (Å²) in [6, 6.07) is 3.40. The van der Waals surface area contributed by atoms with E-state index in [1.807, 2.05) is 12.2 Å². The maximum absolute atomic E-state index is 12.4. The zero-order valence-corrected chi connectivity index (χ0v) is 14.0. The average molecular weight is 316 g/mol. The Bertz CT molecular complexity index is 616. The molecule has 0 aliphatic heterocycles. The van der Waals surface area contributed by atoms with Gasteiger partial charge in [0.15, 0.2) is 17.3 Å². The van der Waals surface area contributed by atoms with Crippen molar-refractivity contribution < 1.29 is 19.4 Å². The highest BCUT2D eigenvalue weighted by molar-refractivity contribution is 6.13. The second-order valence-electron chi connectivity index (χ2n) is 5.66. The Kier molecular flexibility index (Phi) is 5.85. The second-order valence-corrected chi connectivity index (χ2v) is 5.66. The van der Waals surface area contributed by atoms with Crippen molar-refractivity contribution in [3.63, 3.8) is 0 Å². The zero-order valence-electron chi connectivity index (χ0n) is 14.0. The molecule has 1 aromatic carbocycles. The van der Waals surface area contributed by atoms with Gasteiger partial charge in [0, 0.05) is 5.57 Å². The third-order valence-electron chi connectivity index (χ3n) is 4.04. The van der Waals surface area contributed by atoms with Crippen LogP contribution in [0.3, 0.4) is 0 Å². The van der Waals surface area contributed by atoms with Crippen molar-refractivity contribution in [2.75, 3.05) is 14.2 Å². The zero-order chi connectivity index (χ0) is 16.8. The Hall–Kier alpha value is -2.23. The standard InChI is InChI=1S/C19H24O4/c1-4-5-6-7-14-8-9-15(18(14)20)10-13-11-16(22-2)19(21)17(12-13)23-3/h8,10-12,21H,4-7,9H2,1-3H3/b15-10+. The lowest BCUT2D eigenvalue weighted by Gasteiger charge is -2.10. The van der Waals surface area contributed by atoms with Crippen molar-refractivity contribution in [1.82, 2.24) is 0 Å². The molecular weight excluding hydrogens is 292 g/mol. The molecule has 23 heavy (non-hydrogen) atoms. The van der Waals surface area contributed by atoms with Crippen LogP contribution in [0.25, 0.3) is 6.08 Å². The summed E-state index contributed by atoms with van der Waals surface area (Å²) in [4.78, 5) is 12.4. The third kappa shape index (κ3) is 3.95. The highest BCUT2D eigenvalue weighted by atomic mass is 16.5. The molecule has 1 aliphatic carbocycles. The van der Waals surface area contributed by atoms with Crippen molar-refractivity contribution in [1.29, 1.82) is 0 Å². The molecule has 4 heteroatoms. The van der Waals surface area contributed by atoms with Gasteiger partial charge in [-0.25, -0.2) is 0 Å². The molecule has 0 atom stereocenters. The lowest BCUT2D eigenvalue weighted by atomic mass is 10.0. The van der Waals surface area contributed by atoms with Crippen LogP contribution in [0.2, 0.25) is 0 Å². The van der Waals surface area contributed by atoms with Gasteiger partial charge in [-0.2, -0.15) is 0 Å². The van der Waals surface area contributed by atoms with Crippen molar-refractivity contribution in [2.24, 2.45) is 0 Å². The number of benzene rings is 1. The minimum absolute atomic E-state index is 0.0340. The topological polar surface area (TPSA) is 55.8 Å². The van der Waals surface area contributed by atoms with Crippen molar-refractivity contribution in [2.45, 2.75) is 39.0 Å². The molecule has 0 radical (unpaired) electrons. The number of unbranched alkanes of at least 4 members (excludes halogenated alkanes) is 2. The molecular formula is C19H24O4. The molecule has 0 saturated heterocycles. The SMILES string of the molecule is CCCCCC1=CC/C(=C\c2cc(OC)c(O)c(OC)c2)C1=O. The quantitative estimate of drug-likeness (QED) is 0.603. The molecule has 0 aromatic heterocycles. The summed E-state index contributed by atoms with van der Waals surface area (Å²) in [6.07, 6.45) is 8.74. The van der Waals surface area contributed by atoms with Gasteiger partial charge in [0.25, 0.3) is 0 Å². The van der Waals surface area contributed by atoms with Crippen LogP contribution in [0.5, 0.6) is 17.2 Å². The van der Waals surface area contributed by atoms with Gasteiger partial charge in [-0.1, -0.05) is 25.8 Å². The van der Waals surface area contributed by atoms with Crippen molar-refractivity contribution >= 4 is 11.9 Å². The van der Waals surface area contributed by atoms with E-state index >= 15 is 0 Å². The number of allylic oxidation sites excluding steroid dienone is 3. The van der Waals surface area contributed by atoms with E-state index in [0.29, 0.717) is 17.9 Å². The van der Waals surface area contributed by atoms with E-state index in [1.54, 1.807) is 12.1 Å². The monoisotopic (exact) mass is 316 g/mol. The number of ether oxygens (including phenoxy) is 2. The van der Waals surface area contributed by atoms with Crippen LogP contribution in [-0.4, -0.2) is 25.1 Å². The summed E-state index contributed by atoms with van der Waals surface area (Å²) in [6.45, 7) is 2.15. The van der Waals surface area contributed by atoms with Gasteiger partial charge >= 0.3 is 0 Å². The first-order chi connectivity index (χ1) is 11.1. The van der Waals surface area contributed by atoms with Crippen LogP contribution in [0.15, 0.2) is 29.4 Å². The number of aromatic hydroxyl groups is 1. The van der Waals surface area contributed by atoms with Gasteiger partial charge in [0.05, 0.1) is 14.2 Å². The van der Waals surface area contributed by atoms with E-state index in [0.717, 1.165) is 42.4 Å². The summed E-state index contributed by atoms with van der Waals surface area (Å²) in [5, 5.41) is 9.94. The number of carbonyl (C=O) groups is 1. The summed E-state index contributed by atoms with van der Waals surface area (Å²) in [7, 11) is 2.97. The van der Waals surface area contributed by atoms with Crippen LogP contribution < -0.4 is 9.47 Å². The lowest BCUT2D eigenvalue weighted by molar-refractivity contribution is -0.112. The van der Waals surface area contributed by atoms with E-state index in [9.17, 15) is 9.90 Å². The molecule has 0 fully saturated rings. The van der Waals surface area contributed by atoms with E-state index in [1.165, 1.54) is 14.2 Å². The minimum atomic E-state index is -0.0340. The number of hydrogen-bond donors (Lipinski definition) is 1. The molecule has 1 aromatic rings. The predicted octanol–water partition coefficient (Wildman–Crippen LogP) is 4.27. The molecule has 4 nitrogen and oxygen atoms in total. The van der Waals surface area contributed by atoms with Gasteiger partial charge in [-0.05, 0) is 48.6 Å². The Morgan fingerprint density at radius 2 is 1.83 bits per heavy atom. The third-order valence-corrected chi connectivity index (χ3v) is 4.04. The highest BCUT2D eigenvalue weighted by Gasteiger charge is 2.20.